The number of ether oxygens (including phenoxy) is 2. The molecule has 1 aliphatic rings. The van der Waals surface area contributed by atoms with Crippen LogP contribution in [0.2, 0.25) is 0 Å². The van der Waals surface area contributed by atoms with E-state index in [1.54, 1.807) is 14.2 Å². The predicted molar refractivity (Wildman–Crippen MR) is 74.8 cm³/mol. The molecule has 4 heteroatoms. The predicted octanol–water partition coefficient (Wildman–Crippen LogP) is 1.97. The first-order chi connectivity index (χ1) is 9.01. The minimum atomic E-state index is -0.482. The van der Waals surface area contributed by atoms with E-state index in [0.29, 0.717) is 0 Å². The lowest BCUT2D eigenvalue weighted by molar-refractivity contribution is -0.103. The van der Waals surface area contributed by atoms with Gasteiger partial charge in [-0.1, -0.05) is 6.92 Å². The Hall–Kier alpha value is -1.26. The lowest BCUT2D eigenvalue weighted by atomic mass is 9.90. The fourth-order valence-corrected chi connectivity index (χ4v) is 2.56. The zero-order valence-electron chi connectivity index (χ0n) is 12.2. The van der Waals surface area contributed by atoms with Gasteiger partial charge in [0.2, 0.25) is 0 Å². The molecule has 1 heterocycles. The van der Waals surface area contributed by atoms with Crippen LogP contribution in [0, 0.1) is 6.92 Å². The average molecular weight is 265 g/mol. The van der Waals surface area contributed by atoms with Crippen LogP contribution in [0.25, 0.3) is 0 Å². The molecule has 0 bridgehead atoms. The summed E-state index contributed by atoms with van der Waals surface area (Å²) in [6.45, 7) is 6.44. The molecular weight excluding hydrogens is 242 g/mol. The van der Waals surface area contributed by atoms with Gasteiger partial charge in [0.05, 0.1) is 19.8 Å². The molecule has 0 aliphatic carbocycles. The van der Waals surface area contributed by atoms with E-state index < -0.39 is 5.60 Å². The van der Waals surface area contributed by atoms with Crippen molar-refractivity contribution < 1.29 is 14.6 Å². The zero-order chi connectivity index (χ0) is 14.0. The standard InChI is InChI=1S/C15H23NO3/c1-5-15(17)9-16(10-15)8-12-7-14(19-4)13(18-3)6-11(12)2/h6-7,17H,5,8-10H2,1-4H3. The Balaban J connectivity index is 2.09. The molecule has 0 saturated carbocycles. The summed E-state index contributed by atoms with van der Waals surface area (Å²) in [6, 6.07) is 4.03. The van der Waals surface area contributed by atoms with Gasteiger partial charge in [0.15, 0.2) is 11.5 Å². The van der Waals surface area contributed by atoms with E-state index in [9.17, 15) is 5.11 Å². The molecule has 4 nitrogen and oxygen atoms in total. The molecule has 1 saturated heterocycles. The highest BCUT2D eigenvalue weighted by atomic mass is 16.5. The van der Waals surface area contributed by atoms with Crippen molar-refractivity contribution in [2.45, 2.75) is 32.4 Å². The number of nitrogens with zero attached hydrogens (tertiary/aromatic N) is 1. The van der Waals surface area contributed by atoms with Crippen LogP contribution < -0.4 is 9.47 Å². The Morgan fingerprint density at radius 2 is 1.79 bits per heavy atom. The average Bonchev–Trinajstić information content (AvgIpc) is 2.38. The van der Waals surface area contributed by atoms with Crippen LogP contribution in [-0.4, -0.2) is 42.9 Å². The van der Waals surface area contributed by atoms with E-state index in [2.05, 4.69) is 11.8 Å². The molecule has 1 aromatic carbocycles. The van der Waals surface area contributed by atoms with Gasteiger partial charge in [0.25, 0.3) is 0 Å². The van der Waals surface area contributed by atoms with E-state index in [1.165, 1.54) is 11.1 Å². The van der Waals surface area contributed by atoms with Gasteiger partial charge in [0, 0.05) is 19.6 Å². The Bertz CT molecular complexity index is 453. The molecule has 2 rings (SSSR count). The third-order valence-corrected chi connectivity index (χ3v) is 3.93. The maximum absolute atomic E-state index is 10.0. The third kappa shape index (κ3) is 2.85. The molecule has 0 unspecified atom stereocenters. The molecule has 1 aromatic rings. The molecule has 1 aliphatic heterocycles. The summed E-state index contributed by atoms with van der Waals surface area (Å²) in [4.78, 5) is 2.25. The number of aryl methyl sites for hydroxylation is 1. The minimum Gasteiger partial charge on any atom is -0.493 e. The van der Waals surface area contributed by atoms with Crippen LogP contribution in [0.3, 0.4) is 0 Å². The number of rotatable bonds is 5. The van der Waals surface area contributed by atoms with Gasteiger partial charge in [-0.05, 0) is 36.6 Å². The summed E-state index contributed by atoms with van der Waals surface area (Å²) in [6.07, 6.45) is 0.814. The van der Waals surface area contributed by atoms with E-state index >= 15 is 0 Å². The van der Waals surface area contributed by atoms with Gasteiger partial charge >= 0.3 is 0 Å². The van der Waals surface area contributed by atoms with Crippen molar-refractivity contribution in [1.82, 2.24) is 4.90 Å². The summed E-state index contributed by atoms with van der Waals surface area (Å²) in [7, 11) is 3.30. The van der Waals surface area contributed by atoms with Crippen LogP contribution in [0.4, 0.5) is 0 Å². The maximum atomic E-state index is 10.0. The number of likely N-dealkylation sites (tertiary alicyclic amines) is 1. The van der Waals surface area contributed by atoms with Crippen molar-refractivity contribution in [3.05, 3.63) is 23.3 Å². The Morgan fingerprint density at radius 1 is 1.21 bits per heavy atom. The lowest BCUT2D eigenvalue weighted by Gasteiger charge is -2.46. The van der Waals surface area contributed by atoms with Crippen molar-refractivity contribution in [3.63, 3.8) is 0 Å². The molecule has 0 spiro atoms. The number of benzene rings is 1. The van der Waals surface area contributed by atoms with Gasteiger partial charge in [-0.3, -0.25) is 4.90 Å². The number of hydrogen-bond acceptors (Lipinski definition) is 4. The van der Waals surface area contributed by atoms with Crippen LogP contribution >= 0.6 is 0 Å². The van der Waals surface area contributed by atoms with Gasteiger partial charge < -0.3 is 14.6 Å². The molecule has 0 atom stereocenters. The molecule has 106 valence electrons. The van der Waals surface area contributed by atoms with Crippen molar-refractivity contribution in [2.24, 2.45) is 0 Å². The van der Waals surface area contributed by atoms with Gasteiger partial charge in [-0.25, -0.2) is 0 Å². The third-order valence-electron chi connectivity index (χ3n) is 3.93. The van der Waals surface area contributed by atoms with Crippen molar-refractivity contribution in [1.29, 1.82) is 0 Å². The van der Waals surface area contributed by atoms with Crippen molar-refractivity contribution in [3.8, 4) is 11.5 Å². The first-order valence-electron chi connectivity index (χ1n) is 6.67. The molecule has 0 amide bonds. The lowest BCUT2D eigenvalue weighted by Crippen LogP contribution is -2.60. The van der Waals surface area contributed by atoms with Crippen LogP contribution in [0.1, 0.15) is 24.5 Å². The summed E-state index contributed by atoms with van der Waals surface area (Å²) >= 11 is 0. The number of β-amino-alcohol motifs (C(OH)–C–C–N with tert-alkyl or cyclic N) is 1. The highest BCUT2D eigenvalue weighted by Gasteiger charge is 2.39. The molecule has 0 radical (unpaired) electrons. The fraction of sp³-hybridized carbons (Fsp3) is 0.600. The second-order valence-corrected chi connectivity index (χ2v) is 5.36. The molecular formula is C15H23NO3. The van der Waals surface area contributed by atoms with E-state index in [1.807, 2.05) is 19.1 Å². The summed E-state index contributed by atoms with van der Waals surface area (Å²) in [5.41, 5.74) is 1.92. The van der Waals surface area contributed by atoms with E-state index in [4.69, 9.17) is 9.47 Å². The minimum absolute atomic E-state index is 0.482. The van der Waals surface area contributed by atoms with Crippen LogP contribution in [0.5, 0.6) is 11.5 Å². The highest BCUT2D eigenvalue weighted by molar-refractivity contribution is 5.47. The number of hydrogen-bond donors (Lipinski definition) is 1. The second-order valence-electron chi connectivity index (χ2n) is 5.36. The fourth-order valence-electron chi connectivity index (χ4n) is 2.56. The first-order valence-corrected chi connectivity index (χ1v) is 6.67. The van der Waals surface area contributed by atoms with Crippen molar-refractivity contribution in [2.75, 3.05) is 27.3 Å². The normalized spacial score (nSPS) is 17.9. The Labute approximate surface area is 114 Å². The molecule has 19 heavy (non-hydrogen) atoms. The monoisotopic (exact) mass is 265 g/mol. The number of methoxy groups -OCH3 is 2. The number of aliphatic hydroxyl groups is 1. The van der Waals surface area contributed by atoms with Gasteiger partial charge in [-0.2, -0.15) is 0 Å². The quantitative estimate of drug-likeness (QED) is 0.884. The van der Waals surface area contributed by atoms with Crippen LogP contribution in [0.15, 0.2) is 12.1 Å². The SMILES string of the molecule is CCC1(O)CN(Cc2cc(OC)c(OC)cc2C)C1. The highest BCUT2D eigenvalue weighted by Crippen LogP contribution is 2.32. The summed E-state index contributed by atoms with van der Waals surface area (Å²) in [5, 5.41) is 10.0. The van der Waals surface area contributed by atoms with Gasteiger partial charge in [-0.15, -0.1) is 0 Å². The van der Waals surface area contributed by atoms with Crippen molar-refractivity contribution >= 4 is 0 Å². The Morgan fingerprint density at radius 3 is 2.32 bits per heavy atom. The smallest absolute Gasteiger partial charge is 0.161 e. The van der Waals surface area contributed by atoms with E-state index in [0.717, 1.165) is 37.6 Å². The molecule has 1 N–H and O–H groups in total. The topological polar surface area (TPSA) is 41.9 Å². The van der Waals surface area contributed by atoms with Crippen LogP contribution in [-0.2, 0) is 6.54 Å². The van der Waals surface area contributed by atoms with E-state index in [-0.39, 0.29) is 0 Å². The summed E-state index contributed by atoms with van der Waals surface area (Å²) < 4.78 is 10.6. The maximum Gasteiger partial charge on any atom is 0.161 e. The zero-order valence-corrected chi connectivity index (χ0v) is 12.2. The summed E-state index contributed by atoms with van der Waals surface area (Å²) in [5.74, 6) is 1.52. The largest absolute Gasteiger partial charge is 0.493 e. The molecule has 0 aromatic heterocycles. The molecule has 1 fully saturated rings. The first kappa shape index (κ1) is 14.2. The van der Waals surface area contributed by atoms with Gasteiger partial charge in [0.1, 0.15) is 0 Å². The second kappa shape index (κ2) is 5.39. The Kier molecular flexibility index (Phi) is 4.02.